The third-order valence-corrected chi connectivity index (χ3v) is 12.0. The lowest BCUT2D eigenvalue weighted by atomic mass is 9.61. The van der Waals surface area contributed by atoms with Crippen LogP contribution in [0, 0.1) is 0 Å². The maximum Gasteiger partial charge on any atom is 0.0753 e. The number of allylic oxidation sites excluding steroid dienone is 9. The van der Waals surface area contributed by atoms with Crippen molar-refractivity contribution in [2.24, 2.45) is 0 Å². The number of hydrogen-bond acceptors (Lipinski definition) is 1. The van der Waals surface area contributed by atoms with Gasteiger partial charge in [0, 0.05) is 17.7 Å². The lowest BCUT2D eigenvalue weighted by Gasteiger charge is -2.39. The van der Waals surface area contributed by atoms with E-state index in [0.29, 0.717) is 0 Å². The number of hydrogen-bond donors (Lipinski definition) is 0. The minimum absolute atomic E-state index is 0.213. The van der Waals surface area contributed by atoms with E-state index in [1.165, 1.54) is 88.7 Å². The molecule has 11 rings (SSSR count). The number of fused-ring (bicyclic) bond motifs is 12. The standard InChI is InChI=1S/C52H35N/c1-2-5-18-38-33-43(34-15-6-3-7-16-34)39-21-8-9-22-40(39)44(38)31-36(17-4-1)37-28-29-47-45(32-37)51-49(27-14-30-53-51)52(47)46-25-11-10-23-41(46)42-24-12-19-35-20-13-26-48(52)50(35)42/h1-30,32-33,44H,31H2/b4-1-,5-2-,36-17-,38-18+. The van der Waals surface area contributed by atoms with Gasteiger partial charge in [0.2, 0.25) is 0 Å². The van der Waals surface area contributed by atoms with Crippen molar-refractivity contribution in [3.05, 3.63) is 244 Å². The van der Waals surface area contributed by atoms with Crippen LogP contribution in [0.15, 0.2) is 200 Å². The van der Waals surface area contributed by atoms with Gasteiger partial charge in [0.15, 0.2) is 0 Å². The fraction of sp³-hybridized carbons (Fsp3) is 0.0577. The highest BCUT2D eigenvalue weighted by Crippen LogP contribution is 2.61. The SMILES string of the molecule is C1=C(c2ccccc2)c2ccccc2C2C/C(c3ccc4c(c3)-c3ncccc3C43c4ccccc4-c4cccc5cccc3c45)=C/C=C\C=C/C=C\12. The largest absolute Gasteiger partial charge is 0.256 e. The number of rotatable bonds is 2. The van der Waals surface area contributed by atoms with Crippen molar-refractivity contribution in [1.82, 2.24) is 4.98 Å². The molecule has 0 aliphatic heterocycles. The molecule has 1 heterocycles. The van der Waals surface area contributed by atoms with Gasteiger partial charge in [0.1, 0.15) is 0 Å². The Hall–Kier alpha value is -6.57. The smallest absolute Gasteiger partial charge is 0.0753 e. The van der Waals surface area contributed by atoms with E-state index in [9.17, 15) is 0 Å². The molecule has 6 aromatic carbocycles. The van der Waals surface area contributed by atoms with Crippen molar-refractivity contribution in [2.45, 2.75) is 17.8 Å². The summed E-state index contributed by atoms with van der Waals surface area (Å²) < 4.78 is 0. The lowest BCUT2D eigenvalue weighted by molar-refractivity contribution is 0.771. The molecule has 0 radical (unpaired) electrons. The van der Waals surface area contributed by atoms with Crippen LogP contribution >= 0.6 is 0 Å². The molecule has 1 spiro atoms. The van der Waals surface area contributed by atoms with Crippen LogP contribution in [0.4, 0.5) is 0 Å². The van der Waals surface area contributed by atoms with Gasteiger partial charge in [0.25, 0.3) is 0 Å². The molecule has 0 saturated heterocycles. The Morgan fingerprint density at radius 1 is 0.509 bits per heavy atom. The Bertz CT molecular complexity index is 2800. The van der Waals surface area contributed by atoms with Crippen LogP contribution in [-0.2, 0) is 5.41 Å². The number of pyridine rings is 1. The Kier molecular flexibility index (Phi) is 6.66. The predicted octanol–water partition coefficient (Wildman–Crippen LogP) is 12.6. The molecule has 2 unspecified atom stereocenters. The summed E-state index contributed by atoms with van der Waals surface area (Å²) in [5.74, 6) is 0.213. The van der Waals surface area contributed by atoms with Crippen molar-refractivity contribution in [1.29, 1.82) is 0 Å². The van der Waals surface area contributed by atoms with Crippen LogP contribution in [-0.4, -0.2) is 4.98 Å². The second-order valence-corrected chi connectivity index (χ2v) is 14.6. The van der Waals surface area contributed by atoms with Gasteiger partial charge in [-0.25, -0.2) is 0 Å². The van der Waals surface area contributed by atoms with E-state index in [1.807, 2.05) is 6.20 Å². The van der Waals surface area contributed by atoms with E-state index in [4.69, 9.17) is 4.98 Å². The van der Waals surface area contributed by atoms with Crippen LogP contribution in [0.2, 0.25) is 0 Å². The first-order chi connectivity index (χ1) is 26.3. The Balaban J connectivity index is 1.10. The molecule has 248 valence electrons. The number of nitrogens with zero attached hydrogens (tertiary/aromatic N) is 1. The van der Waals surface area contributed by atoms with Crippen molar-refractivity contribution in [2.75, 3.05) is 0 Å². The molecule has 7 aromatic rings. The summed E-state index contributed by atoms with van der Waals surface area (Å²) in [7, 11) is 0. The van der Waals surface area contributed by atoms with Gasteiger partial charge in [-0.15, -0.1) is 0 Å². The zero-order valence-electron chi connectivity index (χ0n) is 29.2. The summed E-state index contributed by atoms with van der Waals surface area (Å²) in [5.41, 5.74) is 18.8. The first-order valence-corrected chi connectivity index (χ1v) is 18.6. The second-order valence-electron chi connectivity index (χ2n) is 14.6. The highest BCUT2D eigenvalue weighted by atomic mass is 14.7. The second kappa shape index (κ2) is 11.7. The minimum atomic E-state index is -0.464. The van der Waals surface area contributed by atoms with Gasteiger partial charge in [-0.05, 0) is 108 Å². The maximum atomic E-state index is 5.16. The van der Waals surface area contributed by atoms with Gasteiger partial charge in [0.05, 0.1) is 11.1 Å². The summed E-state index contributed by atoms with van der Waals surface area (Å²) in [5, 5.41) is 2.62. The van der Waals surface area contributed by atoms with Crippen LogP contribution in [0.25, 0.3) is 44.3 Å². The lowest BCUT2D eigenvalue weighted by Crippen LogP contribution is -2.31. The van der Waals surface area contributed by atoms with Crippen molar-refractivity contribution >= 4 is 21.9 Å². The molecule has 0 saturated carbocycles. The van der Waals surface area contributed by atoms with Crippen LogP contribution in [0.5, 0.6) is 0 Å². The maximum absolute atomic E-state index is 5.16. The molecular formula is C52H35N. The topological polar surface area (TPSA) is 12.9 Å². The highest BCUT2D eigenvalue weighted by molar-refractivity contribution is 6.06. The van der Waals surface area contributed by atoms with Crippen molar-refractivity contribution in [3.63, 3.8) is 0 Å². The van der Waals surface area contributed by atoms with Crippen LogP contribution in [0.3, 0.4) is 0 Å². The molecular weight excluding hydrogens is 639 g/mol. The van der Waals surface area contributed by atoms with Crippen molar-refractivity contribution < 1.29 is 0 Å². The van der Waals surface area contributed by atoms with Gasteiger partial charge in [-0.2, -0.15) is 0 Å². The molecule has 4 aliphatic rings. The molecule has 1 aromatic heterocycles. The van der Waals surface area contributed by atoms with Gasteiger partial charge >= 0.3 is 0 Å². The summed E-state index contributed by atoms with van der Waals surface area (Å²) in [4.78, 5) is 5.16. The van der Waals surface area contributed by atoms with Crippen LogP contribution < -0.4 is 0 Å². The molecule has 1 nitrogen and oxygen atoms in total. The summed E-state index contributed by atoms with van der Waals surface area (Å²) >= 11 is 0. The van der Waals surface area contributed by atoms with Crippen molar-refractivity contribution in [3.8, 4) is 22.4 Å². The van der Waals surface area contributed by atoms with E-state index in [0.717, 1.165) is 12.1 Å². The molecule has 2 atom stereocenters. The predicted molar refractivity (Wildman–Crippen MR) is 220 cm³/mol. The van der Waals surface area contributed by atoms with E-state index < -0.39 is 5.41 Å². The average Bonchev–Trinajstić information content (AvgIpc) is 3.51. The Morgan fingerprint density at radius 2 is 1.23 bits per heavy atom. The summed E-state index contributed by atoms with van der Waals surface area (Å²) in [6.07, 6.45) is 18.6. The summed E-state index contributed by atoms with van der Waals surface area (Å²) in [6, 6.07) is 54.1. The minimum Gasteiger partial charge on any atom is -0.256 e. The van der Waals surface area contributed by atoms with Crippen LogP contribution in [0.1, 0.15) is 56.8 Å². The van der Waals surface area contributed by atoms with Gasteiger partial charge in [-0.3, -0.25) is 4.98 Å². The molecule has 0 bridgehead atoms. The molecule has 53 heavy (non-hydrogen) atoms. The normalized spacial score (nSPS) is 22.1. The zero-order chi connectivity index (χ0) is 34.9. The fourth-order valence-electron chi connectivity index (χ4n) is 9.77. The van der Waals surface area contributed by atoms with E-state index in [2.05, 4.69) is 188 Å². The summed E-state index contributed by atoms with van der Waals surface area (Å²) in [6.45, 7) is 0. The molecule has 4 aliphatic carbocycles. The number of benzene rings is 6. The highest BCUT2D eigenvalue weighted by Gasteiger charge is 2.50. The molecule has 0 amide bonds. The zero-order valence-corrected chi connectivity index (χ0v) is 29.2. The quantitative estimate of drug-likeness (QED) is 0.178. The Labute approximate surface area is 310 Å². The number of aromatic nitrogens is 1. The Morgan fingerprint density at radius 3 is 2.13 bits per heavy atom. The molecule has 0 N–H and O–H groups in total. The van der Waals surface area contributed by atoms with Gasteiger partial charge < -0.3 is 0 Å². The first kappa shape index (κ1) is 30.1. The average molecular weight is 674 g/mol. The van der Waals surface area contributed by atoms with E-state index in [1.54, 1.807) is 0 Å². The van der Waals surface area contributed by atoms with E-state index >= 15 is 0 Å². The fourth-order valence-corrected chi connectivity index (χ4v) is 9.77. The monoisotopic (exact) mass is 673 g/mol. The third-order valence-electron chi connectivity index (χ3n) is 12.0. The van der Waals surface area contributed by atoms with E-state index in [-0.39, 0.29) is 5.92 Å². The molecule has 1 heteroatoms. The third kappa shape index (κ3) is 4.35. The first-order valence-electron chi connectivity index (χ1n) is 18.6. The van der Waals surface area contributed by atoms with Gasteiger partial charge in [-0.1, -0.05) is 170 Å². The molecule has 0 fully saturated rings.